The molecule has 0 amide bonds. The van der Waals surface area contributed by atoms with Crippen LogP contribution in [0.1, 0.15) is 0 Å². The minimum atomic E-state index is -0.313. The molecule has 0 radical (unpaired) electrons. The molecule has 13 aromatic carbocycles. The van der Waals surface area contributed by atoms with Gasteiger partial charge in [0.05, 0.1) is 22.4 Å². The lowest BCUT2D eigenvalue weighted by molar-refractivity contribution is 0.628. The van der Waals surface area contributed by atoms with Crippen LogP contribution in [0.5, 0.6) is 0 Å². The second kappa shape index (κ2) is 21.1. The van der Waals surface area contributed by atoms with E-state index in [2.05, 4.69) is 274 Å². The number of rotatable bonds is 12. The Morgan fingerprint density at radius 1 is 0.214 bits per heavy atom. The van der Waals surface area contributed by atoms with Gasteiger partial charge in [-0.1, -0.05) is 170 Å². The normalized spacial score (nSPS) is 11.5. The third-order valence-corrected chi connectivity index (χ3v) is 16.1. The third-order valence-electron chi connectivity index (χ3n) is 16.1. The number of anilines is 6. The maximum absolute atomic E-state index is 15.3. The lowest BCUT2D eigenvalue weighted by Crippen LogP contribution is -2.10. The van der Waals surface area contributed by atoms with Crippen LogP contribution in [0.25, 0.3) is 99.5 Å². The first-order chi connectivity index (χ1) is 41.4. The van der Waals surface area contributed by atoms with E-state index in [1.165, 1.54) is 22.9 Å². The molecular formula is C78H52F2N4. The standard InChI is InChI=1S/C78H52F2N4/c79-65-23-11-21-61(45-65)75-49-63-52-78-64(51-77(63)83(75)71-41-37-69(38-42-71)81(73-35-29-55-17-7-9-19-59(55)47-73)67-31-25-57(26-32-67)53-13-3-1-4-14-53)50-76(62-22-12-24-66(80)46-62)84(78)72-43-39-70(40-44-72)82(74-36-30-56-18-8-10-20-60(56)48-74)68-33-27-58(28-34-68)54-15-5-2-6-16-54/h1-52H. The SMILES string of the molecule is Fc1cccc(-c2cc3cc4c(cc(-c5cccc(F)c5)n4-c4ccc(N(c5ccc(-c6ccccc6)cc5)c5ccc6ccccc6c5)cc4)cc3n2-c2ccc(N(c3ccc(-c4ccccc4)cc3)c3ccc4ccccc4c3)cc2)c1. The Labute approximate surface area is 485 Å². The van der Waals surface area contributed by atoms with E-state index in [0.717, 1.165) is 123 Å². The molecule has 0 N–H and O–H groups in total. The molecule has 0 fully saturated rings. The van der Waals surface area contributed by atoms with Gasteiger partial charge < -0.3 is 18.9 Å². The van der Waals surface area contributed by atoms with Gasteiger partial charge in [-0.25, -0.2) is 8.78 Å². The molecule has 0 aliphatic heterocycles. The minimum absolute atomic E-state index is 0.313. The molecule has 4 nitrogen and oxygen atoms in total. The van der Waals surface area contributed by atoms with Gasteiger partial charge in [0.15, 0.2) is 0 Å². The summed E-state index contributed by atoms with van der Waals surface area (Å²) in [6.07, 6.45) is 0. The molecule has 2 heterocycles. The molecule has 0 bridgehead atoms. The number of hydrogen-bond donors (Lipinski definition) is 0. The molecule has 2 aromatic heterocycles. The molecule has 0 aliphatic rings. The highest BCUT2D eigenvalue weighted by Gasteiger charge is 2.22. The van der Waals surface area contributed by atoms with Gasteiger partial charge in [-0.3, -0.25) is 0 Å². The monoisotopic (exact) mass is 1080 g/mol. The summed E-state index contributed by atoms with van der Waals surface area (Å²) in [5.74, 6) is -0.626. The van der Waals surface area contributed by atoms with Crippen molar-refractivity contribution in [3.05, 3.63) is 327 Å². The van der Waals surface area contributed by atoms with Crippen molar-refractivity contribution >= 4 is 77.5 Å². The quantitative estimate of drug-likeness (QED) is 0.121. The van der Waals surface area contributed by atoms with E-state index < -0.39 is 0 Å². The Morgan fingerprint density at radius 2 is 0.536 bits per heavy atom. The molecule has 6 heteroatoms. The Balaban J connectivity index is 0.858. The molecular weight excluding hydrogens is 1030 g/mol. The summed E-state index contributed by atoms with van der Waals surface area (Å²) < 4.78 is 35.1. The summed E-state index contributed by atoms with van der Waals surface area (Å²) in [5.41, 5.74) is 17.6. The van der Waals surface area contributed by atoms with Crippen molar-refractivity contribution in [2.45, 2.75) is 0 Å². The van der Waals surface area contributed by atoms with Crippen LogP contribution in [-0.4, -0.2) is 9.13 Å². The van der Waals surface area contributed by atoms with Crippen molar-refractivity contribution in [2.24, 2.45) is 0 Å². The summed E-state index contributed by atoms with van der Waals surface area (Å²) in [7, 11) is 0. The van der Waals surface area contributed by atoms with Crippen LogP contribution in [0.15, 0.2) is 315 Å². The van der Waals surface area contributed by atoms with Gasteiger partial charge in [-0.15, -0.1) is 0 Å². The highest BCUT2D eigenvalue weighted by molar-refractivity contribution is 6.03. The summed E-state index contributed by atoms with van der Waals surface area (Å²) in [5, 5.41) is 6.58. The first-order valence-corrected chi connectivity index (χ1v) is 28.3. The van der Waals surface area contributed by atoms with Crippen molar-refractivity contribution in [3.63, 3.8) is 0 Å². The predicted octanol–water partition coefficient (Wildman–Crippen LogP) is 21.8. The van der Waals surface area contributed by atoms with Gasteiger partial charge in [-0.05, 0) is 189 Å². The van der Waals surface area contributed by atoms with E-state index in [-0.39, 0.29) is 11.6 Å². The molecule has 0 spiro atoms. The van der Waals surface area contributed by atoms with Gasteiger partial charge in [-0.2, -0.15) is 0 Å². The van der Waals surface area contributed by atoms with Crippen molar-refractivity contribution in [1.82, 2.24) is 9.13 Å². The van der Waals surface area contributed by atoms with Crippen LogP contribution >= 0.6 is 0 Å². The average molecular weight is 1080 g/mol. The number of fused-ring (bicyclic) bond motifs is 4. The summed E-state index contributed by atoms with van der Waals surface area (Å²) in [4.78, 5) is 4.59. The van der Waals surface area contributed by atoms with Crippen LogP contribution < -0.4 is 9.80 Å². The lowest BCUT2D eigenvalue weighted by atomic mass is 10.0. The number of benzene rings is 13. The van der Waals surface area contributed by atoms with Gasteiger partial charge in [0.25, 0.3) is 0 Å². The molecule has 0 atom stereocenters. The molecule has 15 rings (SSSR count). The van der Waals surface area contributed by atoms with Gasteiger partial charge >= 0.3 is 0 Å². The molecule has 84 heavy (non-hydrogen) atoms. The minimum Gasteiger partial charge on any atom is -0.310 e. The van der Waals surface area contributed by atoms with Gasteiger partial charge in [0, 0.05) is 67.4 Å². The summed E-state index contributed by atoms with van der Waals surface area (Å²) in [6.45, 7) is 0. The van der Waals surface area contributed by atoms with Crippen LogP contribution in [0.4, 0.5) is 42.9 Å². The van der Waals surface area contributed by atoms with E-state index in [0.29, 0.717) is 0 Å². The maximum Gasteiger partial charge on any atom is 0.123 e. The van der Waals surface area contributed by atoms with Gasteiger partial charge in [0.2, 0.25) is 0 Å². The second-order valence-corrected chi connectivity index (χ2v) is 21.3. The van der Waals surface area contributed by atoms with E-state index in [1.807, 2.05) is 24.3 Å². The highest BCUT2D eigenvalue weighted by atomic mass is 19.1. The zero-order chi connectivity index (χ0) is 56.1. The number of hydrogen-bond acceptors (Lipinski definition) is 2. The Bertz CT molecular complexity index is 4580. The van der Waals surface area contributed by atoms with E-state index in [1.54, 1.807) is 24.3 Å². The summed E-state index contributed by atoms with van der Waals surface area (Å²) >= 11 is 0. The van der Waals surface area contributed by atoms with Crippen molar-refractivity contribution in [1.29, 1.82) is 0 Å². The van der Waals surface area contributed by atoms with E-state index in [4.69, 9.17) is 0 Å². The number of aromatic nitrogens is 2. The Hall–Kier alpha value is -11.1. The Kier molecular flexibility index (Phi) is 12.5. The molecule has 0 unspecified atom stereocenters. The first kappa shape index (κ1) is 49.9. The Morgan fingerprint density at radius 3 is 0.917 bits per heavy atom. The van der Waals surface area contributed by atoms with Crippen LogP contribution in [0.3, 0.4) is 0 Å². The fourth-order valence-corrected chi connectivity index (χ4v) is 12.1. The molecule has 398 valence electrons. The topological polar surface area (TPSA) is 16.3 Å². The zero-order valence-corrected chi connectivity index (χ0v) is 45.6. The largest absolute Gasteiger partial charge is 0.310 e. The first-order valence-electron chi connectivity index (χ1n) is 28.3. The van der Waals surface area contributed by atoms with Crippen LogP contribution in [0.2, 0.25) is 0 Å². The van der Waals surface area contributed by atoms with Crippen molar-refractivity contribution in [3.8, 4) is 56.1 Å². The number of nitrogens with zero attached hydrogens (tertiary/aromatic N) is 4. The maximum atomic E-state index is 15.3. The fraction of sp³-hybridized carbons (Fsp3) is 0. The number of halogens is 2. The average Bonchev–Trinajstić information content (AvgIpc) is 2.11. The zero-order valence-electron chi connectivity index (χ0n) is 45.6. The van der Waals surface area contributed by atoms with Crippen molar-refractivity contribution in [2.75, 3.05) is 9.80 Å². The molecule has 0 aliphatic carbocycles. The lowest BCUT2D eigenvalue weighted by Gasteiger charge is -2.26. The highest BCUT2D eigenvalue weighted by Crippen LogP contribution is 2.43. The van der Waals surface area contributed by atoms with Gasteiger partial charge in [0.1, 0.15) is 11.6 Å². The van der Waals surface area contributed by atoms with E-state index >= 15 is 8.78 Å². The molecule has 0 saturated heterocycles. The third kappa shape index (κ3) is 9.32. The second-order valence-electron chi connectivity index (χ2n) is 21.3. The predicted molar refractivity (Wildman–Crippen MR) is 346 cm³/mol. The van der Waals surface area contributed by atoms with Crippen molar-refractivity contribution < 1.29 is 8.78 Å². The molecule has 15 aromatic rings. The van der Waals surface area contributed by atoms with Crippen LogP contribution in [-0.2, 0) is 0 Å². The van der Waals surface area contributed by atoms with Crippen LogP contribution in [0, 0.1) is 11.6 Å². The summed E-state index contributed by atoms with van der Waals surface area (Å²) in [6, 6.07) is 108. The molecule has 0 saturated carbocycles. The smallest absolute Gasteiger partial charge is 0.123 e. The fourth-order valence-electron chi connectivity index (χ4n) is 12.1. The van der Waals surface area contributed by atoms with E-state index in [9.17, 15) is 0 Å².